The summed E-state index contributed by atoms with van der Waals surface area (Å²) in [6, 6.07) is 0.549. The standard InChI is InChI=1S/C8H18N2O.C2H6/c1-3-4-8(9-2)5-6-10-7-11;1-2/h7-9H,3-6H2,1-2H3,(H,10,11);1-2H3. The second-order valence-electron chi connectivity index (χ2n) is 2.63. The molecule has 0 aromatic heterocycles. The zero-order chi connectivity index (χ0) is 10.5. The molecule has 1 unspecified atom stereocenters. The van der Waals surface area contributed by atoms with Gasteiger partial charge in [0.15, 0.2) is 0 Å². The third-order valence-corrected chi connectivity index (χ3v) is 1.77. The van der Waals surface area contributed by atoms with Crippen molar-refractivity contribution >= 4 is 6.41 Å². The Hall–Kier alpha value is -0.570. The largest absolute Gasteiger partial charge is 0.359 e. The molecule has 0 rings (SSSR count). The highest BCUT2D eigenvalue weighted by molar-refractivity contribution is 5.45. The van der Waals surface area contributed by atoms with Gasteiger partial charge in [0.05, 0.1) is 0 Å². The van der Waals surface area contributed by atoms with Gasteiger partial charge in [-0.25, -0.2) is 0 Å². The zero-order valence-corrected chi connectivity index (χ0v) is 9.39. The molecule has 0 aromatic carbocycles. The van der Waals surface area contributed by atoms with Crippen LogP contribution in [0.15, 0.2) is 0 Å². The van der Waals surface area contributed by atoms with E-state index in [0.717, 1.165) is 19.4 Å². The van der Waals surface area contributed by atoms with E-state index in [9.17, 15) is 4.79 Å². The molecule has 0 heterocycles. The smallest absolute Gasteiger partial charge is 0.207 e. The van der Waals surface area contributed by atoms with Gasteiger partial charge >= 0.3 is 0 Å². The van der Waals surface area contributed by atoms with Crippen LogP contribution < -0.4 is 10.6 Å². The number of carbonyl (C=O) groups excluding carboxylic acids is 1. The second-order valence-corrected chi connectivity index (χ2v) is 2.63. The number of rotatable bonds is 7. The van der Waals surface area contributed by atoms with Crippen molar-refractivity contribution in [1.82, 2.24) is 10.6 Å². The van der Waals surface area contributed by atoms with E-state index in [4.69, 9.17) is 0 Å². The molecule has 13 heavy (non-hydrogen) atoms. The minimum absolute atomic E-state index is 0.549. The number of amides is 1. The van der Waals surface area contributed by atoms with Gasteiger partial charge in [-0.2, -0.15) is 0 Å². The first-order chi connectivity index (χ1) is 6.35. The summed E-state index contributed by atoms with van der Waals surface area (Å²) in [6.07, 6.45) is 4.13. The molecule has 80 valence electrons. The molecule has 0 aliphatic heterocycles. The molecule has 0 fully saturated rings. The zero-order valence-electron chi connectivity index (χ0n) is 9.39. The van der Waals surface area contributed by atoms with Crippen LogP contribution in [0.5, 0.6) is 0 Å². The highest BCUT2D eigenvalue weighted by Gasteiger charge is 2.02. The maximum absolute atomic E-state index is 9.90. The van der Waals surface area contributed by atoms with E-state index < -0.39 is 0 Å². The highest BCUT2D eigenvalue weighted by Crippen LogP contribution is 1.98. The molecule has 0 spiro atoms. The molecule has 3 nitrogen and oxygen atoms in total. The highest BCUT2D eigenvalue weighted by atomic mass is 16.1. The van der Waals surface area contributed by atoms with Crippen molar-refractivity contribution in [2.75, 3.05) is 13.6 Å². The van der Waals surface area contributed by atoms with Crippen molar-refractivity contribution < 1.29 is 4.79 Å². The van der Waals surface area contributed by atoms with Crippen molar-refractivity contribution in [3.63, 3.8) is 0 Å². The summed E-state index contributed by atoms with van der Waals surface area (Å²) >= 11 is 0. The van der Waals surface area contributed by atoms with Gasteiger partial charge in [-0.05, 0) is 19.9 Å². The third kappa shape index (κ3) is 11.4. The molecule has 0 radical (unpaired) electrons. The van der Waals surface area contributed by atoms with Crippen LogP contribution >= 0.6 is 0 Å². The summed E-state index contributed by atoms with van der Waals surface area (Å²) in [5.74, 6) is 0. The van der Waals surface area contributed by atoms with Crippen LogP contribution in [0.3, 0.4) is 0 Å². The number of hydrogen-bond acceptors (Lipinski definition) is 2. The molecule has 1 atom stereocenters. The molecule has 0 aliphatic rings. The summed E-state index contributed by atoms with van der Waals surface area (Å²) in [6.45, 7) is 6.94. The Labute approximate surface area is 82.3 Å². The Bertz CT molecular complexity index is 96.9. The summed E-state index contributed by atoms with van der Waals surface area (Å²) in [4.78, 5) is 9.90. The summed E-state index contributed by atoms with van der Waals surface area (Å²) in [5, 5.41) is 5.86. The lowest BCUT2D eigenvalue weighted by atomic mass is 10.1. The van der Waals surface area contributed by atoms with Gasteiger partial charge in [0, 0.05) is 12.6 Å². The van der Waals surface area contributed by atoms with Crippen LogP contribution in [0.2, 0.25) is 0 Å². The number of carbonyl (C=O) groups is 1. The van der Waals surface area contributed by atoms with E-state index in [-0.39, 0.29) is 0 Å². The predicted octanol–water partition coefficient (Wildman–Crippen LogP) is 1.54. The Morgan fingerprint density at radius 3 is 2.31 bits per heavy atom. The first kappa shape index (κ1) is 14.9. The van der Waals surface area contributed by atoms with Crippen LogP contribution in [-0.4, -0.2) is 26.0 Å². The lowest BCUT2D eigenvalue weighted by molar-refractivity contribution is -0.109. The minimum atomic E-state index is 0.549. The molecule has 0 saturated heterocycles. The molecule has 0 aliphatic carbocycles. The average Bonchev–Trinajstić information content (AvgIpc) is 2.20. The maximum atomic E-state index is 9.90. The molecular formula is C10H24N2O. The molecule has 1 amide bonds. The Morgan fingerprint density at radius 2 is 1.92 bits per heavy atom. The van der Waals surface area contributed by atoms with Crippen LogP contribution in [0.25, 0.3) is 0 Å². The van der Waals surface area contributed by atoms with E-state index in [1.54, 1.807) is 0 Å². The van der Waals surface area contributed by atoms with Gasteiger partial charge < -0.3 is 10.6 Å². The number of nitrogens with one attached hydrogen (secondary N) is 2. The van der Waals surface area contributed by atoms with Gasteiger partial charge in [0.2, 0.25) is 6.41 Å². The Balaban J connectivity index is 0. The Morgan fingerprint density at radius 1 is 1.31 bits per heavy atom. The van der Waals surface area contributed by atoms with E-state index in [1.165, 1.54) is 12.8 Å². The molecule has 0 bridgehead atoms. The first-order valence-corrected chi connectivity index (χ1v) is 5.19. The van der Waals surface area contributed by atoms with E-state index in [0.29, 0.717) is 6.04 Å². The normalized spacial score (nSPS) is 11.1. The molecular weight excluding hydrogens is 164 g/mol. The first-order valence-electron chi connectivity index (χ1n) is 5.19. The van der Waals surface area contributed by atoms with Crippen molar-refractivity contribution in [2.24, 2.45) is 0 Å². The van der Waals surface area contributed by atoms with Gasteiger partial charge in [-0.1, -0.05) is 27.2 Å². The van der Waals surface area contributed by atoms with Crippen molar-refractivity contribution in [3.05, 3.63) is 0 Å². The Kier molecular flexibility index (Phi) is 16.1. The maximum Gasteiger partial charge on any atom is 0.207 e. The monoisotopic (exact) mass is 188 g/mol. The summed E-state index contributed by atoms with van der Waals surface area (Å²) in [7, 11) is 1.96. The molecule has 0 aromatic rings. The number of hydrogen-bond donors (Lipinski definition) is 2. The van der Waals surface area contributed by atoms with Gasteiger partial charge in [0.25, 0.3) is 0 Å². The predicted molar refractivity (Wildman–Crippen MR) is 57.8 cm³/mol. The van der Waals surface area contributed by atoms with Crippen LogP contribution in [-0.2, 0) is 4.79 Å². The van der Waals surface area contributed by atoms with Crippen LogP contribution in [0.4, 0.5) is 0 Å². The SMILES string of the molecule is CC.CCCC(CCNC=O)NC. The van der Waals surface area contributed by atoms with E-state index in [2.05, 4.69) is 17.6 Å². The third-order valence-electron chi connectivity index (χ3n) is 1.77. The lowest BCUT2D eigenvalue weighted by Gasteiger charge is -2.13. The quantitative estimate of drug-likeness (QED) is 0.470. The van der Waals surface area contributed by atoms with Crippen molar-refractivity contribution in [2.45, 2.75) is 46.1 Å². The fourth-order valence-electron chi connectivity index (χ4n) is 1.10. The second kappa shape index (κ2) is 14.0. The summed E-state index contributed by atoms with van der Waals surface area (Å²) in [5.41, 5.74) is 0. The van der Waals surface area contributed by atoms with E-state index >= 15 is 0 Å². The molecule has 3 heteroatoms. The fraction of sp³-hybridized carbons (Fsp3) is 0.900. The molecule has 0 saturated carbocycles. The van der Waals surface area contributed by atoms with Gasteiger partial charge in [0.1, 0.15) is 0 Å². The lowest BCUT2D eigenvalue weighted by Crippen LogP contribution is -2.29. The van der Waals surface area contributed by atoms with Crippen LogP contribution in [0.1, 0.15) is 40.0 Å². The van der Waals surface area contributed by atoms with Crippen LogP contribution in [0, 0.1) is 0 Å². The minimum Gasteiger partial charge on any atom is -0.359 e. The molecule has 2 N–H and O–H groups in total. The van der Waals surface area contributed by atoms with Crippen molar-refractivity contribution in [3.8, 4) is 0 Å². The summed E-state index contributed by atoms with van der Waals surface area (Å²) < 4.78 is 0. The van der Waals surface area contributed by atoms with Crippen molar-refractivity contribution in [1.29, 1.82) is 0 Å². The van der Waals surface area contributed by atoms with Gasteiger partial charge in [-0.15, -0.1) is 0 Å². The topological polar surface area (TPSA) is 41.1 Å². The average molecular weight is 188 g/mol. The van der Waals surface area contributed by atoms with Gasteiger partial charge in [-0.3, -0.25) is 4.79 Å². The van der Waals surface area contributed by atoms with E-state index in [1.807, 2.05) is 20.9 Å². The fourth-order valence-corrected chi connectivity index (χ4v) is 1.10.